The van der Waals surface area contributed by atoms with E-state index in [9.17, 15) is 5.11 Å². The van der Waals surface area contributed by atoms with Crippen molar-refractivity contribution in [3.8, 4) is 0 Å². The zero-order chi connectivity index (χ0) is 13.1. The van der Waals surface area contributed by atoms with Gasteiger partial charge < -0.3 is 15.2 Å². The maximum Gasteiger partial charge on any atom is 0.0897 e. The first-order chi connectivity index (χ1) is 8.83. The van der Waals surface area contributed by atoms with Crippen LogP contribution in [0.15, 0.2) is 17.5 Å². The Kier molecular flexibility index (Phi) is 9.61. The number of unbranched alkanes of at least 4 members (excludes halogenated alkanes) is 1. The molecule has 1 unspecified atom stereocenters. The lowest BCUT2D eigenvalue weighted by Gasteiger charge is -2.11. The lowest BCUT2D eigenvalue weighted by atomic mass is 10.3. The van der Waals surface area contributed by atoms with Crippen molar-refractivity contribution in [1.29, 1.82) is 0 Å². The molecule has 5 heteroatoms. The lowest BCUT2D eigenvalue weighted by Crippen LogP contribution is -2.31. The number of thiophene rings is 1. The summed E-state index contributed by atoms with van der Waals surface area (Å²) in [5, 5.41) is 15.0. The second-order valence-electron chi connectivity index (χ2n) is 4.15. The number of rotatable bonds is 11. The molecule has 1 rings (SSSR count). The average Bonchev–Trinajstić information content (AvgIpc) is 2.87. The Balaban J connectivity index is 1.89. The Morgan fingerprint density at radius 2 is 2.39 bits per heavy atom. The van der Waals surface area contributed by atoms with E-state index >= 15 is 0 Å². The SMILES string of the molecule is CSCCCCNCC(O)COCc1cccs1. The third-order valence-corrected chi connectivity index (χ3v) is 4.01. The monoisotopic (exact) mass is 289 g/mol. The molecule has 0 amide bonds. The van der Waals surface area contributed by atoms with E-state index in [-0.39, 0.29) is 0 Å². The second kappa shape index (κ2) is 10.8. The minimum absolute atomic E-state index is 0.399. The van der Waals surface area contributed by atoms with Crippen molar-refractivity contribution in [1.82, 2.24) is 5.32 Å². The molecule has 0 aliphatic heterocycles. The van der Waals surface area contributed by atoms with Gasteiger partial charge in [-0.25, -0.2) is 0 Å². The molecule has 0 radical (unpaired) electrons. The molecule has 0 saturated carbocycles. The van der Waals surface area contributed by atoms with Crippen molar-refractivity contribution >= 4 is 23.1 Å². The Labute approximate surface area is 118 Å². The highest BCUT2D eigenvalue weighted by atomic mass is 32.2. The predicted octanol–water partition coefficient (Wildman–Crippen LogP) is 2.36. The van der Waals surface area contributed by atoms with Gasteiger partial charge in [0.25, 0.3) is 0 Å². The van der Waals surface area contributed by atoms with E-state index in [0.717, 1.165) is 6.54 Å². The topological polar surface area (TPSA) is 41.5 Å². The first-order valence-corrected chi connectivity index (χ1v) is 8.58. The molecule has 18 heavy (non-hydrogen) atoms. The number of ether oxygens (including phenoxy) is 1. The van der Waals surface area contributed by atoms with Crippen molar-refractivity contribution in [2.24, 2.45) is 0 Å². The smallest absolute Gasteiger partial charge is 0.0897 e. The number of hydrogen-bond donors (Lipinski definition) is 2. The van der Waals surface area contributed by atoms with Crippen LogP contribution < -0.4 is 5.32 Å². The van der Waals surface area contributed by atoms with Crippen LogP contribution in [0.5, 0.6) is 0 Å². The van der Waals surface area contributed by atoms with Gasteiger partial charge in [-0.1, -0.05) is 6.07 Å². The molecule has 0 saturated heterocycles. The molecule has 1 aromatic heterocycles. The van der Waals surface area contributed by atoms with E-state index in [2.05, 4.69) is 11.6 Å². The molecule has 3 nitrogen and oxygen atoms in total. The van der Waals surface area contributed by atoms with Crippen LogP contribution in [-0.4, -0.2) is 42.9 Å². The molecule has 2 N–H and O–H groups in total. The van der Waals surface area contributed by atoms with Gasteiger partial charge in [-0.2, -0.15) is 11.8 Å². The standard InChI is InChI=1S/C13H23NO2S2/c1-17-7-3-2-6-14-9-12(15)10-16-11-13-5-4-8-18-13/h4-5,8,12,14-15H,2-3,6-7,9-11H2,1H3. The van der Waals surface area contributed by atoms with Crippen LogP contribution in [0.2, 0.25) is 0 Å². The highest BCUT2D eigenvalue weighted by molar-refractivity contribution is 7.98. The fraction of sp³-hybridized carbons (Fsp3) is 0.692. The van der Waals surface area contributed by atoms with E-state index < -0.39 is 6.10 Å². The molecule has 1 atom stereocenters. The number of aliphatic hydroxyl groups is 1. The summed E-state index contributed by atoms with van der Waals surface area (Å²) in [7, 11) is 0. The number of nitrogens with one attached hydrogen (secondary N) is 1. The van der Waals surface area contributed by atoms with Gasteiger partial charge in [-0.05, 0) is 42.8 Å². The summed E-state index contributed by atoms with van der Waals surface area (Å²) in [6.07, 6.45) is 4.12. The van der Waals surface area contributed by atoms with Crippen molar-refractivity contribution < 1.29 is 9.84 Å². The lowest BCUT2D eigenvalue weighted by molar-refractivity contribution is 0.0299. The predicted molar refractivity (Wildman–Crippen MR) is 80.5 cm³/mol. The fourth-order valence-electron chi connectivity index (χ4n) is 1.51. The second-order valence-corrected chi connectivity index (χ2v) is 6.17. The van der Waals surface area contributed by atoms with Gasteiger partial charge in [0.2, 0.25) is 0 Å². The van der Waals surface area contributed by atoms with Crippen LogP contribution in [-0.2, 0) is 11.3 Å². The zero-order valence-electron chi connectivity index (χ0n) is 10.9. The Morgan fingerprint density at radius 1 is 1.50 bits per heavy atom. The molecule has 1 aromatic rings. The molecule has 0 aliphatic carbocycles. The molecular formula is C13H23NO2S2. The van der Waals surface area contributed by atoms with Crippen molar-refractivity contribution in [2.75, 3.05) is 31.7 Å². The van der Waals surface area contributed by atoms with Crippen LogP contribution >= 0.6 is 23.1 Å². The molecule has 0 fully saturated rings. The van der Waals surface area contributed by atoms with Gasteiger partial charge in [0.05, 0.1) is 19.3 Å². The number of hydrogen-bond acceptors (Lipinski definition) is 5. The maximum absolute atomic E-state index is 9.69. The first kappa shape index (κ1) is 16.0. The van der Waals surface area contributed by atoms with E-state index in [1.54, 1.807) is 11.3 Å². The summed E-state index contributed by atoms with van der Waals surface area (Å²) in [5.41, 5.74) is 0. The molecule has 0 aromatic carbocycles. The summed E-state index contributed by atoms with van der Waals surface area (Å²) < 4.78 is 5.45. The highest BCUT2D eigenvalue weighted by Crippen LogP contribution is 2.09. The van der Waals surface area contributed by atoms with Gasteiger partial charge >= 0.3 is 0 Å². The first-order valence-electron chi connectivity index (χ1n) is 6.30. The Bertz CT molecular complexity index is 281. The maximum atomic E-state index is 9.69. The van der Waals surface area contributed by atoms with Gasteiger partial charge in [-0.3, -0.25) is 0 Å². The summed E-state index contributed by atoms with van der Waals surface area (Å²) >= 11 is 3.56. The summed E-state index contributed by atoms with van der Waals surface area (Å²) in [5.74, 6) is 1.22. The normalized spacial score (nSPS) is 12.8. The van der Waals surface area contributed by atoms with Gasteiger partial charge in [0.1, 0.15) is 0 Å². The van der Waals surface area contributed by atoms with E-state index in [0.29, 0.717) is 19.8 Å². The molecule has 0 aliphatic rings. The summed E-state index contributed by atoms with van der Waals surface area (Å²) in [4.78, 5) is 1.20. The van der Waals surface area contributed by atoms with Gasteiger partial charge in [0.15, 0.2) is 0 Å². The van der Waals surface area contributed by atoms with Gasteiger partial charge in [-0.15, -0.1) is 11.3 Å². The van der Waals surface area contributed by atoms with E-state index in [4.69, 9.17) is 4.74 Å². The molecule has 0 spiro atoms. The Morgan fingerprint density at radius 3 is 3.11 bits per heavy atom. The zero-order valence-corrected chi connectivity index (χ0v) is 12.6. The van der Waals surface area contributed by atoms with Crippen molar-refractivity contribution in [3.05, 3.63) is 22.4 Å². The summed E-state index contributed by atoms with van der Waals surface area (Å²) in [6.45, 7) is 2.59. The third kappa shape index (κ3) is 8.11. The van der Waals surface area contributed by atoms with Crippen LogP contribution in [0, 0.1) is 0 Å². The molecule has 1 heterocycles. The average molecular weight is 289 g/mol. The molecule has 104 valence electrons. The van der Waals surface area contributed by atoms with Crippen molar-refractivity contribution in [3.63, 3.8) is 0 Å². The number of thioether (sulfide) groups is 1. The van der Waals surface area contributed by atoms with Crippen LogP contribution in [0.25, 0.3) is 0 Å². The largest absolute Gasteiger partial charge is 0.389 e. The van der Waals surface area contributed by atoms with Crippen molar-refractivity contribution in [2.45, 2.75) is 25.6 Å². The van der Waals surface area contributed by atoms with Crippen LogP contribution in [0.4, 0.5) is 0 Å². The molecule has 0 bridgehead atoms. The Hall–Kier alpha value is -0.0700. The molecular weight excluding hydrogens is 266 g/mol. The minimum atomic E-state index is -0.412. The van der Waals surface area contributed by atoms with Crippen LogP contribution in [0.1, 0.15) is 17.7 Å². The minimum Gasteiger partial charge on any atom is -0.389 e. The van der Waals surface area contributed by atoms with Gasteiger partial charge in [0, 0.05) is 11.4 Å². The third-order valence-electron chi connectivity index (χ3n) is 2.47. The fourth-order valence-corrected chi connectivity index (χ4v) is 2.65. The van der Waals surface area contributed by atoms with E-state index in [1.807, 2.05) is 29.3 Å². The van der Waals surface area contributed by atoms with E-state index in [1.165, 1.54) is 23.5 Å². The van der Waals surface area contributed by atoms with Crippen LogP contribution in [0.3, 0.4) is 0 Å². The quantitative estimate of drug-likeness (QED) is 0.614. The number of aliphatic hydroxyl groups excluding tert-OH is 1. The summed E-state index contributed by atoms with van der Waals surface area (Å²) in [6, 6.07) is 4.05. The highest BCUT2D eigenvalue weighted by Gasteiger charge is 2.03.